The number of methoxy groups -OCH3 is 1. The molecule has 0 fully saturated rings. The molecule has 0 aliphatic carbocycles. The first kappa shape index (κ1) is 19.5. The molecule has 2 amide bonds. The fourth-order valence-electron chi connectivity index (χ4n) is 3.66. The van der Waals surface area contributed by atoms with Crippen LogP contribution in [0, 0.1) is 0 Å². The molecule has 0 unspecified atom stereocenters. The molecule has 0 radical (unpaired) electrons. The number of para-hydroxylation sites is 2. The first-order chi connectivity index (χ1) is 14.6. The highest BCUT2D eigenvalue weighted by atomic mass is 16.5. The summed E-state index contributed by atoms with van der Waals surface area (Å²) in [6.45, 7) is 0.212. The highest BCUT2D eigenvalue weighted by molar-refractivity contribution is 6.37. The van der Waals surface area contributed by atoms with Crippen molar-refractivity contribution in [2.45, 2.75) is 6.54 Å². The van der Waals surface area contributed by atoms with Gasteiger partial charge in [0.15, 0.2) is 0 Å². The number of imide groups is 1. The molecule has 150 valence electrons. The Morgan fingerprint density at radius 3 is 2.07 bits per heavy atom. The third-order valence-electron chi connectivity index (χ3n) is 5.18. The number of hydrogen-bond acceptors (Lipinski definition) is 4. The van der Waals surface area contributed by atoms with Crippen LogP contribution in [0.5, 0.6) is 5.75 Å². The zero-order valence-electron chi connectivity index (χ0n) is 16.9. The quantitative estimate of drug-likeness (QED) is 0.587. The second kappa shape index (κ2) is 8.25. The second-order valence-electron chi connectivity index (χ2n) is 7.00. The number of hydrogen-bond donors (Lipinski definition) is 0. The lowest BCUT2D eigenvalue weighted by molar-refractivity contribution is -0.137. The van der Waals surface area contributed by atoms with E-state index in [0.717, 1.165) is 11.3 Å². The largest absolute Gasteiger partial charge is 0.496 e. The fraction of sp³-hybridized carbons (Fsp3) is 0.120. The molecule has 0 bridgehead atoms. The van der Waals surface area contributed by atoms with Gasteiger partial charge >= 0.3 is 0 Å². The van der Waals surface area contributed by atoms with Gasteiger partial charge in [-0.25, -0.2) is 0 Å². The van der Waals surface area contributed by atoms with E-state index in [0.29, 0.717) is 22.6 Å². The van der Waals surface area contributed by atoms with Crippen LogP contribution in [0.3, 0.4) is 0 Å². The summed E-state index contributed by atoms with van der Waals surface area (Å²) in [7, 11) is 3.36. The molecule has 1 heterocycles. The maximum atomic E-state index is 13.5. The van der Waals surface area contributed by atoms with Crippen molar-refractivity contribution in [3.63, 3.8) is 0 Å². The molecule has 1 aliphatic heterocycles. The zero-order valence-corrected chi connectivity index (χ0v) is 16.9. The van der Waals surface area contributed by atoms with E-state index in [9.17, 15) is 9.59 Å². The number of amides is 2. The smallest absolute Gasteiger partial charge is 0.278 e. The lowest BCUT2D eigenvalue weighted by Crippen LogP contribution is -2.33. The topological polar surface area (TPSA) is 49.9 Å². The maximum absolute atomic E-state index is 13.5. The van der Waals surface area contributed by atoms with Crippen LogP contribution in [0.15, 0.2) is 90.6 Å². The molecule has 30 heavy (non-hydrogen) atoms. The summed E-state index contributed by atoms with van der Waals surface area (Å²) in [6.07, 6.45) is 0. The van der Waals surface area contributed by atoms with E-state index in [-0.39, 0.29) is 18.4 Å². The van der Waals surface area contributed by atoms with E-state index in [1.165, 1.54) is 4.90 Å². The normalized spacial score (nSPS) is 13.7. The van der Waals surface area contributed by atoms with Crippen molar-refractivity contribution in [3.05, 3.63) is 102 Å². The van der Waals surface area contributed by atoms with Gasteiger partial charge in [-0.15, -0.1) is 0 Å². The Hall–Kier alpha value is -3.86. The summed E-state index contributed by atoms with van der Waals surface area (Å²) in [5.74, 6) is -0.101. The average Bonchev–Trinajstić information content (AvgIpc) is 3.04. The molecule has 0 saturated heterocycles. The highest BCUT2D eigenvalue weighted by Gasteiger charge is 2.42. The molecule has 0 spiro atoms. The van der Waals surface area contributed by atoms with Gasteiger partial charge in [0, 0.05) is 18.3 Å². The summed E-state index contributed by atoms with van der Waals surface area (Å²) < 4.78 is 5.49. The van der Waals surface area contributed by atoms with Crippen LogP contribution >= 0.6 is 0 Å². The number of carbonyl (C=O) groups excluding carboxylic acids is 2. The predicted octanol–water partition coefficient (Wildman–Crippen LogP) is 4.11. The van der Waals surface area contributed by atoms with Crippen LogP contribution in [0.1, 0.15) is 11.1 Å². The summed E-state index contributed by atoms with van der Waals surface area (Å²) in [5, 5.41) is 0. The van der Waals surface area contributed by atoms with E-state index < -0.39 is 0 Å². The van der Waals surface area contributed by atoms with Crippen molar-refractivity contribution in [1.29, 1.82) is 0 Å². The Balaban J connectivity index is 1.84. The van der Waals surface area contributed by atoms with Crippen molar-refractivity contribution in [1.82, 2.24) is 4.90 Å². The van der Waals surface area contributed by atoms with Gasteiger partial charge in [0.1, 0.15) is 11.4 Å². The number of benzene rings is 3. The number of anilines is 1. The SMILES string of the molecule is COc1ccccc1C1=C(N(C)c2ccccc2)C(=O)N(Cc2ccccc2)C1=O. The van der Waals surface area contributed by atoms with E-state index in [1.807, 2.05) is 78.9 Å². The predicted molar refractivity (Wildman–Crippen MR) is 117 cm³/mol. The van der Waals surface area contributed by atoms with Crippen LogP contribution in [-0.2, 0) is 16.1 Å². The highest BCUT2D eigenvalue weighted by Crippen LogP contribution is 2.37. The lowest BCUT2D eigenvalue weighted by atomic mass is 10.0. The first-order valence-corrected chi connectivity index (χ1v) is 9.68. The molecule has 0 aromatic heterocycles. The minimum absolute atomic E-state index is 0.212. The Labute approximate surface area is 175 Å². The molecule has 0 saturated carbocycles. The van der Waals surface area contributed by atoms with Crippen molar-refractivity contribution in [2.24, 2.45) is 0 Å². The number of nitrogens with zero attached hydrogens (tertiary/aromatic N) is 2. The zero-order chi connectivity index (χ0) is 21.1. The molecular weight excluding hydrogens is 376 g/mol. The van der Waals surface area contributed by atoms with Gasteiger partial charge in [-0.1, -0.05) is 66.7 Å². The molecule has 5 heteroatoms. The Kier molecular flexibility index (Phi) is 5.35. The van der Waals surface area contributed by atoms with Gasteiger partial charge in [0.25, 0.3) is 11.8 Å². The fourth-order valence-corrected chi connectivity index (χ4v) is 3.66. The Bertz CT molecular complexity index is 1110. The monoisotopic (exact) mass is 398 g/mol. The molecular formula is C25H22N2O3. The summed E-state index contributed by atoms with van der Waals surface area (Å²) in [4.78, 5) is 30.1. The molecule has 3 aromatic rings. The maximum Gasteiger partial charge on any atom is 0.278 e. The number of rotatable bonds is 6. The van der Waals surface area contributed by atoms with Crippen LogP contribution in [-0.4, -0.2) is 30.9 Å². The van der Waals surface area contributed by atoms with E-state index in [2.05, 4.69) is 0 Å². The van der Waals surface area contributed by atoms with Crippen LogP contribution in [0.2, 0.25) is 0 Å². The third kappa shape index (κ3) is 3.46. The first-order valence-electron chi connectivity index (χ1n) is 9.68. The van der Waals surface area contributed by atoms with Gasteiger partial charge in [-0.05, 0) is 23.8 Å². The number of carbonyl (C=O) groups is 2. The van der Waals surface area contributed by atoms with Crippen molar-refractivity contribution >= 4 is 23.1 Å². The van der Waals surface area contributed by atoms with Crippen molar-refractivity contribution in [3.8, 4) is 5.75 Å². The number of ether oxygens (including phenoxy) is 1. The minimum Gasteiger partial charge on any atom is -0.496 e. The van der Waals surface area contributed by atoms with E-state index in [4.69, 9.17) is 4.74 Å². The Morgan fingerprint density at radius 2 is 1.40 bits per heavy atom. The van der Waals surface area contributed by atoms with Gasteiger partial charge in [-0.2, -0.15) is 0 Å². The van der Waals surface area contributed by atoms with Gasteiger partial charge in [0.05, 0.1) is 19.2 Å². The summed E-state index contributed by atoms with van der Waals surface area (Å²) >= 11 is 0. The molecule has 0 atom stereocenters. The minimum atomic E-state index is -0.328. The standard InChI is InChI=1S/C25H22N2O3/c1-26(19-13-7-4-8-14-19)23-22(20-15-9-10-16-21(20)30-2)24(28)27(25(23)29)17-18-11-5-3-6-12-18/h3-16H,17H2,1-2H3. The third-order valence-corrected chi connectivity index (χ3v) is 5.18. The van der Waals surface area contributed by atoms with Gasteiger partial charge in [0.2, 0.25) is 0 Å². The van der Waals surface area contributed by atoms with E-state index in [1.54, 1.807) is 25.1 Å². The van der Waals surface area contributed by atoms with Crippen molar-refractivity contribution < 1.29 is 14.3 Å². The van der Waals surface area contributed by atoms with Crippen molar-refractivity contribution in [2.75, 3.05) is 19.1 Å². The summed E-state index contributed by atoms with van der Waals surface area (Å²) in [5.41, 5.74) is 3.00. The molecule has 4 rings (SSSR count). The summed E-state index contributed by atoms with van der Waals surface area (Å²) in [6, 6.07) is 26.3. The van der Waals surface area contributed by atoms with Gasteiger partial charge in [-0.3, -0.25) is 14.5 Å². The molecule has 5 nitrogen and oxygen atoms in total. The van der Waals surface area contributed by atoms with Crippen LogP contribution in [0.4, 0.5) is 5.69 Å². The second-order valence-corrected chi connectivity index (χ2v) is 7.00. The number of likely N-dealkylation sites (N-methyl/N-ethyl adjacent to an activating group) is 1. The molecule has 3 aromatic carbocycles. The Morgan fingerprint density at radius 1 is 0.800 bits per heavy atom. The van der Waals surface area contributed by atoms with Gasteiger partial charge < -0.3 is 9.64 Å². The van der Waals surface area contributed by atoms with Crippen LogP contribution in [0.25, 0.3) is 5.57 Å². The van der Waals surface area contributed by atoms with Crippen LogP contribution < -0.4 is 9.64 Å². The molecule has 0 N–H and O–H groups in total. The van der Waals surface area contributed by atoms with E-state index >= 15 is 0 Å². The lowest BCUT2D eigenvalue weighted by Gasteiger charge is -2.21. The average molecular weight is 398 g/mol. The molecule has 1 aliphatic rings.